The first-order valence-electron chi connectivity index (χ1n) is 4.63. The molecular weight excluding hydrogens is 186 g/mol. The quantitative estimate of drug-likeness (QED) is 0.643. The number of nitrogens with zero attached hydrogens (tertiary/aromatic N) is 1. The molecule has 1 fully saturated rings. The molecule has 2 atom stereocenters. The number of hydrogen-bond donors (Lipinski definition) is 1. The first-order chi connectivity index (χ1) is 6.50. The van der Waals surface area contributed by atoms with Gasteiger partial charge in [0, 0.05) is 6.54 Å². The molecule has 1 amide bonds. The molecule has 0 radical (unpaired) electrons. The number of aliphatic carboxylic acids is 1. The Hall–Kier alpha value is -1.10. The van der Waals surface area contributed by atoms with Crippen LogP contribution in [0, 0.1) is 0 Å². The van der Waals surface area contributed by atoms with Crippen LogP contribution in [0.25, 0.3) is 0 Å². The van der Waals surface area contributed by atoms with Gasteiger partial charge in [-0.25, -0.2) is 0 Å². The summed E-state index contributed by atoms with van der Waals surface area (Å²) in [7, 11) is 0. The Morgan fingerprint density at radius 2 is 2.14 bits per heavy atom. The molecular formula is C9H15NO4. The topological polar surface area (TPSA) is 66.8 Å². The highest BCUT2D eigenvalue weighted by Gasteiger charge is 2.28. The number of carboxylic acids is 1. The average molecular weight is 201 g/mol. The van der Waals surface area contributed by atoms with Gasteiger partial charge in [0.2, 0.25) is 5.91 Å². The summed E-state index contributed by atoms with van der Waals surface area (Å²) in [5, 5.41) is 8.49. The smallest absolute Gasteiger partial charge is 0.312 e. The zero-order chi connectivity index (χ0) is 10.7. The lowest BCUT2D eigenvalue weighted by Gasteiger charge is -2.36. The van der Waals surface area contributed by atoms with E-state index in [-0.39, 0.29) is 18.1 Å². The van der Waals surface area contributed by atoms with Gasteiger partial charge < -0.3 is 14.7 Å². The molecule has 80 valence electrons. The number of carboxylic acid groups (broad SMARTS) is 1. The Morgan fingerprint density at radius 3 is 2.71 bits per heavy atom. The minimum Gasteiger partial charge on any atom is -0.481 e. The SMILES string of the molecule is CC1CN(C(=O)CC(=O)O)C(C)CO1. The Bertz CT molecular complexity index is 241. The minimum absolute atomic E-state index is 0.0102. The standard InChI is InChI=1S/C9H15NO4/c1-6-5-14-7(2)4-10(6)8(11)3-9(12)13/h6-7H,3-5H2,1-2H3,(H,12,13). The third kappa shape index (κ3) is 2.70. The summed E-state index contributed by atoms with van der Waals surface area (Å²) >= 11 is 0. The van der Waals surface area contributed by atoms with Gasteiger partial charge in [-0.2, -0.15) is 0 Å². The van der Waals surface area contributed by atoms with Crippen LogP contribution in [-0.4, -0.2) is 47.2 Å². The third-order valence-electron chi connectivity index (χ3n) is 2.23. The van der Waals surface area contributed by atoms with Crippen LogP contribution in [0.15, 0.2) is 0 Å². The van der Waals surface area contributed by atoms with Crippen molar-refractivity contribution in [2.45, 2.75) is 32.4 Å². The average Bonchev–Trinajstić information content (AvgIpc) is 2.08. The van der Waals surface area contributed by atoms with Gasteiger partial charge in [0.15, 0.2) is 0 Å². The third-order valence-corrected chi connectivity index (χ3v) is 2.23. The van der Waals surface area contributed by atoms with Gasteiger partial charge in [0.25, 0.3) is 0 Å². The summed E-state index contributed by atoms with van der Waals surface area (Å²) in [6.45, 7) is 4.68. The van der Waals surface area contributed by atoms with Gasteiger partial charge in [-0.1, -0.05) is 0 Å². The molecule has 0 aliphatic carbocycles. The molecule has 1 heterocycles. The van der Waals surface area contributed by atoms with Crippen molar-refractivity contribution in [3.05, 3.63) is 0 Å². The summed E-state index contributed by atoms with van der Waals surface area (Å²) in [5.41, 5.74) is 0. The summed E-state index contributed by atoms with van der Waals surface area (Å²) in [4.78, 5) is 23.4. The predicted molar refractivity (Wildman–Crippen MR) is 48.8 cm³/mol. The molecule has 5 nitrogen and oxygen atoms in total. The first kappa shape index (κ1) is 11.0. The molecule has 0 aromatic rings. The van der Waals surface area contributed by atoms with Crippen LogP contribution in [-0.2, 0) is 14.3 Å². The lowest BCUT2D eigenvalue weighted by atomic mass is 10.2. The van der Waals surface area contributed by atoms with Crippen molar-refractivity contribution in [1.29, 1.82) is 0 Å². The minimum atomic E-state index is -1.08. The van der Waals surface area contributed by atoms with Crippen LogP contribution in [0.1, 0.15) is 20.3 Å². The summed E-state index contributed by atoms with van der Waals surface area (Å²) < 4.78 is 5.33. The van der Waals surface area contributed by atoms with Crippen molar-refractivity contribution in [2.75, 3.05) is 13.2 Å². The zero-order valence-electron chi connectivity index (χ0n) is 8.40. The van der Waals surface area contributed by atoms with Gasteiger partial charge in [0.1, 0.15) is 6.42 Å². The summed E-state index contributed by atoms with van der Waals surface area (Å²) in [6.07, 6.45) is -0.444. The van der Waals surface area contributed by atoms with E-state index in [1.54, 1.807) is 4.90 Å². The maximum atomic E-state index is 11.5. The van der Waals surface area contributed by atoms with Gasteiger partial charge in [-0.3, -0.25) is 9.59 Å². The van der Waals surface area contributed by atoms with Crippen molar-refractivity contribution in [2.24, 2.45) is 0 Å². The number of carbonyl (C=O) groups excluding carboxylic acids is 1. The molecule has 1 saturated heterocycles. The van der Waals surface area contributed by atoms with E-state index in [0.29, 0.717) is 13.2 Å². The molecule has 0 saturated carbocycles. The van der Waals surface area contributed by atoms with E-state index in [4.69, 9.17) is 9.84 Å². The highest BCUT2D eigenvalue weighted by molar-refractivity contribution is 5.93. The molecule has 1 N–H and O–H groups in total. The van der Waals surface area contributed by atoms with Crippen molar-refractivity contribution < 1.29 is 19.4 Å². The maximum Gasteiger partial charge on any atom is 0.312 e. The monoisotopic (exact) mass is 201 g/mol. The molecule has 5 heteroatoms. The second kappa shape index (κ2) is 4.41. The fraction of sp³-hybridized carbons (Fsp3) is 0.778. The Kier molecular flexibility index (Phi) is 3.46. The number of carbonyl (C=O) groups is 2. The fourth-order valence-electron chi connectivity index (χ4n) is 1.48. The Balaban J connectivity index is 2.55. The van der Waals surface area contributed by atoms with Crippen LogP contribution in [0.3, 0.4) is 0 Å². The molecule has 1 rings (SSSR count). The van der Waals surface area contributed by atoms with Gasteiger partial charge in [-0.15, -0.1) is 0 Å². The second-order valence-electron chi connectivity index (χ2n) is 3.61. The van der Waals surface area contributed by atoms with Crippen molar-refractivity contribution >= 4 is 11.9 Å². The Labute approximate surface area is 82.6 Å². The first-order valence-corrected chi connectivity index (χ1v) is 4.63. The number of morpholine rings is 1. The van der Waals surface area contributed by atoms with Crippen LogP contribution in [0.2, 0.25) is 0 Å². The van der Waals surface area contributed by atoms with E-state index in [2.05, 4.69) is 0 Å². The van der Waals surface area contributed by atoms with Crippen LogP contribution in [0.4, 0.5) is 0 Å². The normalized spacial score (nSPS) is 27.4. The highest BCUT2D eigenvalue weighted by Crippen LogP contribution is 2.12. The van der Waals surface area contributed by atoms with Crippen molar-refractivity contribution in [1.82, 2.24) is 4.90 Å². The van der Waals surface area contributed by atoms with E-state index in [1.165, 1.54) is 0 Å². The van der Waals surface area contributed by atoms with Gasteiger partial charge in [0.05, 0.1) is 18.8 Å². The van der Waals surface area contributed by atoms with Crippen LogP contribution in [0.5, 0.6) is 0 Å². The summed E-state index contributed by atoms with van der Waals surface area (Å²) in [5.74, 6) is -1.42. The van der Waals surface area contributed by atoms with Gasteiger partial charge in [-0.05, 0) is 13.8 Å². The van der Waals surface area contributed by atoms with E-state index >= 15 is 0 Å². The van der Waals surface area contributed by atoms with Crippen molar-refractivity contribution in [3.8, 4) is 0 Å². The number of hydrogen-bond acceptors (Lipinski definition) is 3. The van der Waals surface area contributed by atoms with Crippen molar-refractivity contribution in [3.63, 3.8) is 0 Å². The highest BCUT2D eigenvalue weighted by atomic mass is 16.5. The number of amides is 1. The van der Waals surface area contributed by atoms with E-state index in [1.807, 2.05) is 13.8 Å². The second-order valence-corrected chi connectivity index (χ2v) is 3.61. The largest absolute Gasteiger partial charge is 0.481 e. The number of rotatable bonds is 2. The van der Waals surface area contributed by atoms with E-state index < -0.39 is 12.4 Å². The van der Waals surface area contributed by atoms with Crippen LogP contribution >= 0.6 is 0 Å². The molecule has 0 aromatic heterocycles. The lowest BCUT2D eigenvalue weighted by molar-refractivity contribution is -0.150. The number of ether oxygens (including phenoxy) is 1. The molecule has 2 unspecified atom stereocenters. The van der Waals surface area contributed by atoms with E-state index in [0.717, 1.165) is 0 Å². The summed E-state index contributed by atoms with van der Waals surface area (Å²) in [6, 6.07) is -0.0296. The predicted octanol–water partition coefficient (Wildman–Crippen LogP) is 0.0969. The molecule has 0 aromatic carbocycles. The van der Waals surface area contributed by atoms with Gasteiger partial charge >= 0.3 is 5.97 Å². The molecule has 1 aliphatic heterocycles. The fourth-order valence-corrected chi connectivity index (χ4v) is 1.48. The Morgan fingerprint density at radius 1 is 1.50 bits per heavy atom. The molecule has 0 spiro atoms. The van der Waals surface area contributed by atoms with E-state index in [9.17, 15) is 9.59 Å². The maximum absolute atomic E-state index is 11.5. The molecule has 1 aliphatic rings. The van der Waals surface area contributed by atoms with Crippen LogP contribution < -0.4 is 0 Å². The molecule has 14 heavy (non-hydrogen) atoms. The molecule has 0 bridgehead atoms. The lowest BCUT2D eigenvalue weighted by Crippen LogP contribution is -2.50. The zero-order valence-corrected chi connectivity index (χ0v) is 8.40.